The fraction of sp³-hybridized carbons (Fsp3) is 0.154. The molecule has 0 unspecified atom stereocenters. The van der Waals surface area contributed by atoms with E-state index >= 15 is 0 Å². The van der Waals surface area contributed by atoms with Gasteiger partial charge in [-0.15, -0.1) is 0 Å². The Morgan fingerprint density at radius 3 is 2.90 bits per heavy atom. The van der Waals surface area contributed by atoms with Gasteiger partial charge in [0.25, 0.3) is 0 Å². The van der Waals surface area contributed by atoms with Crippen molar-refractivity contribution in [2.45, 2.75) is 6.92 Å². The third kappa shape index (κ3) is 2.27. The Hall–Kier alpha value is -3.03. The van der Waals surface area contributed by atoms with Crippen LogP contribution in [-0.2, 0) is 0 Å². The van der Waals surface area contributed by atoms with E-state index in [-0.39, 0.29) is 5.69 Å². The number of aryl methyl sites for hydroxylation is 1. The molecule has 0 aliphatic carbocycles. The average Bonchev–Trinajstić information content (AvgIpc) is 2.83. The van der Waals surface area contributed by atoms with Gasteiger partial charge in [0.1, 0.15) is 11.6 Å². The Labute approximate surface area is 119 Å². The quantitative estimate of drug-likeness (QED) is 0.699. The predicted octanol–water partition coefficient (Wildman–Crippen LogP) is 1.11. The monoisotopic (exact) mass is 287 g/mol. The number of nitrogen functional groups attached to an aromatic ring is 1. The molecule has 0 fully saturated rings. The minimum absolute atomic E-state index is 0.291. The highest BCUT2D eigenvalue weighted by molar-refractivity contribution is 5.57. The highest BCUT2D eigenvalue weighted by Crippen LogP contribution is 2.30. The summed E-state index contributed by atoms with van der Waals surface area (Å²) >= 11 is 0. The number of nitrogens with two attached hydrogens (primary N) is 1. The smallest absolute Gasteiger partial charge is 0.349 e. The maximum absolute atomic E-state index is 11.5. The molecule has 0 spiro atoms. The molecule has 108 valence electrons. The summed E-state index contributed by atoms with van der Waals surface area (Å²) in [7, 11) is 1.56. The molecule has 0 saturated heterocycles. The molecule has 2 heterocycles. The highest BCUT2D eigenvalue weighted by atomic mass is 16.5. The Morgan fingerprint density at radius 2 is 2.14 bits per heavy atom. The lowest BCUT2D eigenvalue weighted by atomic mass is 10.3. The van der Waals surface area contributed by atoms with Crippen molar-refractivity contribution in [3.05, 3.63) is 40.6 Å². The zero-order valence-electron chi connectivity index (χ0n) is 11.5. The van der Waals surface area contributed by atoms with Crippen LogP contribution in [0.4, 0.5) is 5.69 Å². The molecule has 0 aliphatic rings. The number of nitrogens with one attached hydrogen (secondary N) is 1. The summed E-state index contributed by atoms with van der Waals surface area (Å²) in [6, 6.07) is 6.62. The molecule has 3 aromatic rings. The zero-order valence-corrected chi connectivity index (χ0v) is 11.5. The lowest BCUT2D eigenvalue weighted by Gasteiger charge is -2.10. The summed E-state index contributed by atoms with van der Waals surface area (Å²) in [6.45, 7) is 1.69. The molecule has 0 bridgehead atoms. The number of ether oxygens (including phenoxy) is 2. The van der Waals surface area contributed by atoms with E-state index in [9.17, 15) is 4.79 Å². The van der Waals surface area contributed by atoms with Gasteiger partial charge in [-0.25, -0.2) is 14.3 Å². The lowest BCUT2D eigenvalue weighted by Crippen LogP contribution is -2.13. The van der Waals surface area contributed by atoms with E-state index in [1.54, 1.807) is 38.3 Å². The summed E-state index contributed by atoms with van der Waals surface area (Å²) in [4.78, 5) is 15.7. The van der Waals surface area contributed by atoms with Gasteiger partial charge < -0.3 is 15.2 Å². The SMILES string of the molecule is COc1ccc(N)c(Oc2cc3n[nH]c(=O)n3c(C)n2)c1. The van der Waals surface area contributed by atoms with E-state index in [0.717, 1.165) is 0 Å². The number of fused-ring (bicyclic) bond motifs is 1. The topological polar surface area (TPSA) is 108 Å². The van der Waals surface area contributed by atoms with Gasteiger partial charge in [-0.1, -0.05) is 0 Å². The highest BCUT2D eigenvalue weighted by Gasteiger charge is 2.10. The Balaban J connectivity index is 2.04. The van der Waals surface area contributed by atoms with Gasteiger partial charge in [-0.2, -0.15) is 10.1 Å². The number of aromatic amines is 1. The first-order valence-corrected chi connectivity index (χ1v) is 6.14. The number of aromatic nitrogens is 4. The molecule has 8 nitrogen and oxygen atoms in total. The molecule has 0 radical (unpaired) electrons. The number of nitrogens with zero attached hydrogens (tertiary/aromatic N) is 3. The minimum atomic E-state index is -0.345. The number of hydrogen-bond donors (Lipinski definition) is 2. The van der Waals surface area contributed by atoms with Crippen molar-refractivity contribution in [3.63, 3.8) is 0 Å². The average molecular weight is 287 g/mol. The van der Waals surface area contributed by atoms with E-state index < -0.39 is 0 Å². The molecule has 3 N–H and O–H groups in total. The van der Waals surface area contributed by atoms with Gasteiger partial charge in [0, 0.05) is 12.1 Å². The summed E-state index contributed by atoms with van der Waals surface area (Å²) in [6.07, 6.45) is 0. The Kier molecular flexibility index (Phi) is 2.98. The van der Waals surface area contributed by atoms with Crippen LogP contribution < -0.4 is 20.9 Å². The van der Waals surface area contributed by atoms with E-state index in [1.165, 1.54) is 4.40 Å². The maximum Gasteiger partial charge on any atom is 0.349 e. The predicted molar refractivity (Wildman–Crippen MR) is 75.8 cm³/mol. The molecule has 0 aliphatic heterocycles. The number of rotatable bonds is 3. The van der Waals surface area contributed by atoms with E-state index in [0.29, 0.717) is 34.5 Å². The molecule has 0 atom stereocenters. The summed E-state index contributed by atoms with van der Waals surface area (Å²) in [5.74, 6) is 1.79. The summed E-state index contributed by atoms with van der Waals surface area (Å²) in [5, 5.41) is 6.24. The zero-order chi connectivity index (χ0) is 15.0. The second-order valence-electron chi connectivity index (χ2n) is 4.37. The molecular formula is C13H13N5O3. The third-order valence-electron chi connectivity index (χ3n) is 2.98. The van der Waals surface area contributed by atoms with Crippen molar-refractivity contribution in [1.29, 1.82) is 0 Å². The van der Waals surface area contributed by atoms with Crippen molar-refractivity contribution in [2.75, 3.05) is 12.8 Å². The van der Waals surface area contributed by atoms with Crippen LogP contribution >= 0.6 is 0 Å². The number of benzene rings is 1. The normalized spacial score (nSPS) is 10.8. The summed E-state index contributed by atoms with van der Waals surface area (Å²) in [5.41, 5.74) is 6.39. The van der Waals surface area contributed by atoms with Gasteiger partial charge in [0.05, 0.1) is 12.8 Å². The lowest BCUT2D eigenvalue weighted by molar-refractivity contribution is 0.407. The Bertz CT molecular complexity index is 868. The first kappa shape index (κ1) is 13.0. The van der Waals surface area contributed by atoms with E-state index in [4.69, 9.17) is 15.2 Å². The molecule has 0 saturated carbocycles. The Morgan fingerprint density at radius 1 is 1.33 bits per heavy atom. The second kappa shape index (κ2) is 4.82. The molecule has 3 rings (SSSR count). The maximum atomic E-state index is 11.5. The molecule has 8 heteroatoms. The van der Waals surface area contributed by atoms with Crippen LogP contribution in [0.3, 0.4) is 0 Å². The van der Waals surface area contributed by atoms with Gasteiger partial charge in [-0.05, 0) is 19.1 Å². The first-order valence-electron chi connectivity index (χ1n) is 6.14. The van der Waals surface area contributed by atoms with Gasteiger partial charge in [0.15, 0.2) is 11.4 Å². The molecular weight excluding hydrogens is 274 g/mol. The fourth-order valence-corrected chi connectivity index (χ4v) is 1.97. The van der Waals surface area contributed by atoms with Crippen LogP contribution in [0.25, 0.3) is 5.65 Å². The molecule has 2 aromatic heterocycles. The largest absolute Gasteiger partial charge is 0.497 e. The van der Waals surface area contributed by atoms with Crippen molar-refractivity contribution >= 4 is 11.3 Å². The van der Waals surface area contributed by atoms with Crippen molar-refractivity contribution in [3.8, 4) is 17.4 Å². The summed E-state index contributed by atoms with van der Waals surface area (Å²) < 4.78 is 12.1. The van der Waals surface area contributed by atoms with E-state index in [1.807, 2.05) is 0 Å². The van der Waals surface area contributed by atoms with Gasteiger partial charge in [-0.3, -0.25) is 0 Å². The van der Waals surface area contributed by atoms with Crippen LogP contribution in [0.1, 0.15) is 5.82 Å². The van der Waals surface area contributed by atoms with Crippen LogP contribution in [0.2, 0.25) is 0 Å². The number of anilines is 1. The van der Waals surface area contributed by atoms with Crippen molar-refractivity contribution in [2.24, 2.45) is 0 Å². The van der Waals surface area contributed by atoms with Crippen LogP contribution in [-0.4, -0.2) is 26.7 Å². The second-order valence-corrected chi connectivity index (χ2v) is 4.37. The van der Waals surface area contributed by atoms with Crippen molar-refractivity contribution in [1.82, 2.24) is 19.6 Å². The van der Waals surface area contributed by atoms with Crippen LogP contribution in [0, 0.1) is 6.92 Å². The fourth-order valence-electron chi connectivity index (χ4n) is 1.97. The standard InChI is InChI=1S/C13H13N5O3/c1-7-15-12(6-11-16-17-13(19)18(7)11)21-10-5-8(20-2)3-4-9(10)14/h3-6H,14H2,1-2H3,(H,17,19). The van der Waals surface area contributed by atoms with E-state index in [2.05, 4.69) is 15.2 Å². The molecule has 0 amide bonds. The number of hydrogen-bond acceptors (Lipinski definition) is 6. The van der Waals surface area contributed by atoms with Gasteiger partial charge in [0.2, 0.25) is 5.88 Å². The van der Waals surface area contributed by atoms with Crippen molar-refractivity contribution < 1.29 is 9.47 Å². The van der Waals surface area contributed by atoms with Crippen LogP contribution in [0.5, 0.6) is 17.4 Å². The van der Waals surface area contributed by atoms with Crippen LogP contribution in [0.15, 0.2) is 29.1 Å². The first-order chi connectivity index (χ1) is 10.1. The number of H-pyrrole nitrogens is 1. The number of methoxy groups -OCH3 is 1. The third-order valence-corrected chi connectivity index (χ3v) is 2.98. The molecule has 21 heavy (non-hydrogen) atoms. The molecule has 1 aromatic carbocycles. The van der Waals surface area contributed by atoms with Gasteiger partial charge >= 0.3 is 5.69 Å². The minimum Gasteiger partial charge on any atom is -0.497 e.